The Labute approximate surface area is 185 Å². The number of fused-ring (bicyclic) bond motifs is 1. The van der Waals surface area contributed by atoms with Crippen LogP contribution in [0.3, 0.4) is 0 Å². The average molecular weight is 436 g/mol. The Balaban J connectivity index is 1.81. The normalized spacial score (nSPS) is 16.6. The number of rotatable bonds is 6. The van der Waals surface area contributed by atoms with Crippen LogP contribution in [0.4, 0.5) is 10.3 Å². The molecule has 1 unspecified atom stereocenters. The van der Waals surface area contributed by atoms with Gasteiger partial charge in [-0.15, -0.1) is 0 Å². The van der Waals surface area contributed by atoms with Gasteiger partial charge in [-0.25, -0.2) is 19.3 Å². The molecule has 166 valence electrons. The quantitative estimate of drug-likeness (QED) is 0.450. The Morgan fingerprint density at radius 3 is 2.78 bits per heavy atom. The van der Waals surface area contributed by atoms with Gasteiger partial charge in [-0.2, -0.15) is 0 Å². The smallest absolute Gasteiger partial charge is 0.220 e. The second kappa shape index (κ2) is 9.27. The molecule has 1 aliphatic carbocycles. The second-order valence-corrected chi connectivity index (χ2v) is 7.55. The van der Waals surface area contributed by atoms with Crippen molar-refractivity contribution in [2.45, 2.75) is 25.7 Å². The minimum Gasteiger partial charge on any atom is -0.481 e. The molecule has 4 N–H and O–H groups in total. The topological polar surface area (TPSA) is 122 Å². The van der Waals surface area contributed by atoms with E-state index in [0.717, 1.165) is 28.2 Å². The fourth-order valence-electron chi connectivity index (χ4n) is 4.08. The molecule has 1 atom stereocenters. The van der Waals surface area contributed by atoms with E-state index >= 15 is 0 Å². The summed E-state index contributed by atoms with van der Waals surface area (Å²) < 4.78 is 19.5. The summed E-state index contributed by atoms with van der Waals surface area (Å²) >= 11 is 0. The summed E-state index contributed by atoms with van der Waals surface area (Å²) in [7, 11) is 1.55. The number of aromatic nitrogens is 3. The number of hydrogen-bond acceptors (Lipinski definition) is 8. The summed E-state index contributed by atoms with van der Waals surface area (Å²) in [4.78, 5) is 18.7. The van der Waals surface area contributed by atoms with Crippen molar-refractivity contribution in [3.8, 4) is 17.1 Å². The maximum atomic E-state index is 14.3. The number of nitrogens with zero attached hydrogens (tertiary/aromatic N) is 4. The molecule has 3 aromatic rings. The molecule has 0 fully saturated rings. The second-order valence-electron chi connectivity index (χ2n) is 7.55. The third-order valence-electron chi connectivity index (χ3n) is 5.40. The molecule has 1 aromatic carbocycles. The van der Waals surface area contributed by atoms with Crippen molar-refractivity contribution >= 4 is 11.7 Å². The van der Waals surface area contributed by atoms with Gasteiger partial charge >= 0.3 is 0 Å². The van der Waals surface area contributed by atoms with E-state index in [4.69, 9.17) is 21.0 Å². The summed E-state index contributed by atoms with van der Waals surface area (Å²) in [5.74, 6) is 0.283. The SMILES string of the molecule is COc1cccc(-c2cc(F)ccc2C2CC(=NOCCN)c3c(C)nc(N)nc3C2)n1. The Bertz CT molecular complexity index is 1170. The number of anilines is 1. The zero-order chi connectivity index (χ0) is 22.7. The highest BCUT2D eigenvalue weighted by molar-refractivity contribution is 6.03. The highest BCUT2D eigenvalue weighted by atomic mass is 19.1. The Morgan fingerprint density at radius 2 is 2.00 bits per heavy atom. The van der Waals surface area contributed by atoms with Crippen molar-refractivity contribution in [2.75, 3.05) is 26.0 Å². The minimum absolute atomic E-state index is 0.0416. The number of methoxy groups -OCH3 is 1. The van der Waals surface area contributed by atoms with Crippen molar-refractivity contribution in [1.82, 2.24) is 15.0 Å². The first-order valence-corrected chi connectivity index (χ1v) is 10.3. The first-order chi connectivity index (χ1) is 15.5. The number of nitrogens with two attached hydrogens (primary N) is 2. The van der Waals surface area contributed by atoms with E-state index in [0.29, 0.717) is 43.1 Å². The van der Waals surface area contributed by atoms with Crippen LogP contribution in [0.15, 0.2) is 41.6 Å². The number of hydrogen-bond donors (Lipinski definition) is 2. The van der Waals surface area contributed by atoms with Crippen LogP contribution in [0, 0.1) is 12.7 Å². The number of halogens is 1. The predicted octanol–water partition coefficient (Wildman–Crippen LogP) is 2.99. The molecule has 32 heavy (non-hydrogen) atoms. The molecule has 4 rings (SSSR count). The lowest BCUT2D eigenvalue weighted by Gasteiger charge is -2.27. The Morgan fingerprint density at radius 1 is 1.16 bits per heavy atom. The van der Waals surface area contributed by atoms with Crippen molar-refractivity contribution in [2.24, 2.45) is 10.9 Å². The standard InChI is InChI=1S/C23H25FN6O2/c1-13-22-19(29-23(26)27-13)10-14(11-20(22)30-32-9-8-25)16-7-6-15(24)12-17(16)18-4-3-5-21(28-18)31-2/h3-7,12,14H,8-11,25H2,1-2H3,(H2,26,27,29). The molecule has 0 spiro atoms. The lowest BCUT2D eigenvalue weighted by molar-refractivity contribution is 0.151. The minimum atomic E-state index is -0.341. The first-order valence-electron chi connectivity index (χ1n) is 10.3. The number of nitrogen functional groups attached to an aromatic ring is 1. The van der Waals surface area contributed by atoms with E-state index in [1.807, 2.05) is 19.1 Å². The maximum absolute atomic E-state index is 14.3. The molecule has 0 amide bonds. The third-order valence-corrected chi connectivity index (χ3v) is 5.40. The van der Waals surface area contributed by atoms with Crippen LogP contribution in [0.25, 0.3) is 11.3 Å². The fraction of sp³-hybridized carbons (Fsp3) is 0.304. The van der Waals surface area contributed by atoms with Gasteiger partial charge in [0.1, 0.15) is 12.4 Å². The van der Waals surface area contributed by atoms with Crippen molar-refractivity contribution in [3.05, 3.63) is 64.7 Å². The predicted molar refractivity (Wildman–Crippen MR) is 120 cm³/mol. The van der Waals surface area contributed by atoms with Crippen LogP contribution in [0.1, 0.15) is 34.9 Å². The molecule has 8 nitrogen and oxygen atoms in total. The van der Waals surface area contributed by atoms with Gasteiger partial charge in [-0.05, 0) is 43.0 Å². The van der Waals surface area contributed by atoms with E-state index in [-0.39, 0.29) is 17.7 Å². The van der Waals surface area contributed by atoms with Gasteiger partial charge in [0.15, 0.2) is 0 Å². The average Bonchev–Trinajstić information content (AvgIpc) is 2.78. The van der Waals surface area contributed by atoms with Gasteiger partial charge in [0.05, 0.1) is 29.9 Å². The molecular weight excluding hydrogens is 411 g/mol. The maximum Gasteiger partial charge on any atom is 0.220 e. The van der Waals surface area contributed by atoms with Crippen LogP contribution in [0.5, 0.6) is 5.88 Å². The summed E-state index contributed by atoms with van der Waals surface area (Å²) in [6.07, 6.45) is 1.16. The van der Waals surface area contributed by atoms with Crippen LogP contribution in [0.2, 0.25) is 0 Å². The van der Waals surface area contributed by atoms with Gasteiger partial charge in [0.2, 0.25) is 11.8 Å². The van der Waals surface area contributed by atoms with Crippen molar-refractivity contribution < 1.29 is 14.0 Å². The number of aryl methyl sites for hydroxylation is 1. The molecule has 2 aromatic heterocycles. The zero-order valence-electron chi connectivity index (χ0n) is 18.0. The van der Waals surface area contributed by atoms with Crippen LogP contribution in [-0.2, 0) is 11.3 Å². The molecule has 2 heterocycles. The molecular formula is C23H25FN6O2. The molecule has 0 radical (unpaired) electrons. The van der Waals surface area contributed by atoms with Crippen molar-refractivity contribution in [1.29, 1.82) is 0 Å². The Kier molecular flexibility index (Phi) is 6.27. The van der Waals surface area contributed by atoms with E-state index in [2.05, 4.69) is 20.1 Å². The molecule has 1 aliphatic rings. The number of pyridine rings is 1. The Hall–Kier alpha value is -3.59. The summed E-state index contributed by atoms with van der Waals surface area (Å²) in [6.45, 7) is 2.53. The van der Waals surface area contributed by atoms with Crippen LogP contribution < -0.4 is 16.2 Å². The number of oxime groups is 1. The van der Waals surface area contributed by atoms with Gasteiger partial charge in [0.25, 0.3) is 0 Å². The fourth-order valence-corrected chi connectivity index (χ4v) is 4.08. The van der Waals surface area contributed by atoms with Gasteiger partial charge < -0.3 is 21.0 Å². The van der Waals surface area contributed by atoms with Gasteiger partial charge in [-0.3, -0.25) is 0 Å². The monoisotopic (exact) mass is 436 g/mol. The lowest BCUT2D eigenvalue weighted by Crippen LogP contribution is -2.24. The van der Waals surface area contributed by atoms with Crippen LogP contribution >= 0.6 is 0 Å². The number of benzene rings is 1. The summed E-state index contributed by atoms with van der Waals surface area (Å²) in [5, 5.41) is 4.33. The highest BCUT2D eigenvalue weighted by Gasteiger charge is 2.31. The van der Waals surface area contributed by atoms with Crippen LogP contribution in [-0.4, -0.2) is 40.9 Å². The molecule has 0 saturated carbocycles. The van der Waals surface area contributed by atoms with E-state index in [9.17, 15) is 4.39 Å². The lowest BCUT2D eigenvalue weighted by atomic mass is 9.79. The van der Waals surface area contributed by atoms with Gasteiger partial charge in [-0.1, -0.05) is 17.3 Å². The summed E-state index contributed by atoms with van der Waals surface area (Å²) in [6, 6.07) is 10.2. The zero-order valence-corrected chi connectivity index (χ0v) is 18.0. The van der Waals surface area contributed by atoms with E-state index < -0.39 is 0 Å². The van der Waals surface area contributed by atoms with Crippen molar-refractivity contribution in [3.63, 3.8) is 0 Å². The largest absolute Gasteiger partial charge is 0.481 e. The van der Waals surface area contributed by atoms with E-state index in [1.165, 1.54) is 12.1 Å². The highest BCUT2D eigenvalue weighted by Crippen LogP contribution is 2.38. The van der Waals surface area contributed by atoms with Gasteiger partial charge in [0, 0.05) is 30.2 Å². The molecule has 0 bridgehead atoms. The first kappa shape index (κ1) is 21.6. The molecule has 0 aliphatic heterocycles. The molecule has 9 heteroatoms. The molecule has 0 saturated heterocycles. The van der Waals surface area contributed by atoms with E-state index in [1.54, 1.807) is 19.2 Å². The third kappa shape index (κ3) is 4.38. The summed E-state index contributed by atoms with van der Waals surface area (Å²) in [5.41, 5.74) is 16.8. The number of ether oxygens (including phenoxy) is 1.